The van der Waals surface area contributed by atoms with E-state index in [-0.39, 0.29) is 6.04 Å². The van der Waals surface area contributed by atoms with Crippen LogP contribution in [0.25, 0.3) is 0 Å². The fourth-order valence-corrected chi connectivity index (χ4v) is 2.79. The lowest BCUT2D eigenvalue weighted by Crippen LogP contribution is -3.06. The van der Waals surface area contributed by atoms with Crippen molar-refractivity contribution in [1.82, 2.24) is 5.32 Å². The molecule has 4 heteroatoms. The molecule has 0 fully saturated rings. The molecule has 2 aromatic rings. The predicted octanol–water partition coefficient (Wildman–Crippen LogP) is 2.48. The summed E-state index contributed by atoms with van der Waals surface area (Å²) in [6, 6.07) is 17.0. The Labute approximate surface area is 144 Å². The van der Waals surface area contributed by atoms with E-state index in [0.29, 0.717) is 5.11 Å². The molecule has 2 aromatic carbocycles. The van der Waals surface area contributed by atoms with Crippen LogP contribution in [-0.4, -0.2) is 25.8 Å². The zero-order valence-corrected chi connectivity index (χ0v) is 15.1. The highest BCUT2D eigenvalue weighted by molar-refractivity contribution is 7.80. The average Bonchev–Trinajstić information content (AvgIpc) is 2.51. The summed E-state index contributed by atoms with van der Waals surface area (Å²) in [7, 11) is 4.30. The fourth-order valence-electron chi connectivity index (χ4n) is 2.53. The standard InChI is InChI=1S/C19H25N3S/c1-14-10-11-15(2)17(12-14)20-19(23)21-18(13-22(3)4)16-8-6-5-7-9-16/h5-12,18H,13H2,1-4H3,(H2,20,21,23)/p+1/t18-/m0/s1. The molecule has 0 aliphatic heterocycles. The highest BCUT2D eigenvalue weighted by Crippen LogP contribution is 2.17. The van der Waals surface area contributed by atoms with Crippen LogP contribution < -0.4 is 15.5 Å². The second kappa shape index (κ2) is 8.09. The SMILES string of the molecule is Cc1ccc(C)c(NC(=S)N[C@@H](C[NH+](C)C)c2ccccc2)c1. The summed E-state index contributed by atoms with van der Waals surface area (Å²) < 4.78 is 0. The normalized spacial score (nSPS) is 12.0. The minimum atomic E-state index is 0.186. The van der Waals surface area contributed by atoms with Crippen LogP contribution in [0, 0.1) is 13.8 Å². The first-order valence-electron chi connectivity index (χ1n) is 7.94. The van der Waals surface area contributed by atoms with Crippen molar-refractivity contribution in [1.29, 1.82) is 0 Å². The van der Waals surface area contributed by atoms with Gasteiger partial charge < -0.3 is 15.5 Å². The van der Waals surface area contributed by atoms with Gasteiger partial charge in [0.05, 0.1) is 14.1 Å². The molecule has 0 aromatic heterocycles. The van der Waals surface area contributed by atoms with Crippen molar-refractivity contribution in [3.8, 4) is 0 Å². The van der Waals surface area contributed by atoms with E-state index in [4.69, 9.17) is 12.2 Å². The number of hydrogen-bond donors (Lipinski definition) is 3. The van der Waals surface area contributed by atoms with Crippen molar-refractivity contribution in [2.24, 2.45) is 0 Å². The van der Waals surface area contributed by atoms with Gasteiger partial charge in [-0.3, -0.25) is 0 Å². The molecule has 2 rings (SSSR count). The zero-order valence-electron chi connectivity index (χ0n) is 14.3. The smallest absolute Gasteiger partial charge is 0.171 e. The van der Waals surface area contributed by atoms with E-state index in [9.17, 15) is 0 Å². The molecule has 23 heavy (non-hydrogen) atoms. The van der Waals surface area contributed by atoms with Crippen molar-refractivity contribution >= 4 is 23.0 Å². The summed E-state index contributed by atoms with van der Waals surface area (Å²) >= 11 is 5.54. The fraction of sp³-hybridized carbons (Fsp3) is 0.316. The number of aryl methyl sites for hydroxylation is 2. The highest BCUT2D eigenvalue weighted by Gasteiger charge is 2.16. The molecule has 122 valence electrons. The van der Waals surface area contributed by atoms with Gasteiger partial charge in [0.1, 0.15) is 12.6 Å². The monoisotopic (exact) mass is 328 g/mol. The van der Waals surface area contributed by atoms with Crippen molar-refractivity contribution < 1.29 is 4.90 Å². The van der Waals surface area contributed by atoms with E-state index in [1.807, 2.05) is 6.07 Å². The Kier molecular flexibility index (Phi) is 6.13. The van der Waals surface area contributed by atoms with Crippen LogP contribution in [0.2, 0.25) is 0 Å². The molecule has 3 nitrogen and oxygen atoms in total. The van der Waals surface area contributed by atoms with Gasteiger partial charge in [0.2, 0.25) is 0 Å². The van der Waals surface area contributed by atoms with Gasteiger partial charge in [0, 0.05) is 5.69 Å². The average molecular weight is 329 g/mol. The lowest BCUT2D eigenvalue weighted by Gasteiger charge is -2.23. The third kappa shape index (κ3) is 5.34. The number of quaternary nitrogens is 1. The molecule has 0 saturated carbocycles. The van der Waals surface area contributed by atoms with E-state index in [0.717, 1.165) is 12.2 Å². The van der Waals surface area contributed by atoms with Crippen LogP contribution in [0.4, 0.5) is 5.69 Å². The summed E-state index contributed by atoms with van der Waals surface area (Å²) in [5.74, 6) is 0. The van der Waals surface area contributed by atoms with Crippen LogP contribution in [-0.2, 0) is 0 Å². The van der Waals surface area contributed by atoms with Gasteiger partial charge in [-0.15, -0.1) is 0 Å². The number of likely N-dealkylation sites (N-methyl/N-ethyl adjacent to an activating group) is 1. The molecule has 0 unspecified atom stereocenters. The van der Waals surface area contributed by atoms with Crippen LogP contribution in [0.1, 0.15) is 22.7 Å². The van der Waals surface area contributed by atoms with Gasteiger partial charge in [-0.2, -0.15) is 0 Å². The summed E-state index contributed by atoms with van der Waals surface area (Å²) in [6.45, 7) is 5.13. The van der Waals surface area contributed by atoms with Gasteiger partial charge in [0.25, 0.3) is 0 Å². The molecule has 1 atom stereocenters. The van der Waals surface area contributed by atoms with Crippen LogP contribution in [0.3, 0.4) is 0 Å². The first-order valence-corrected chi connectivity index (χ1v) is 8.35. The molecular formula is C19H26N3S+. The molecule has 3 N–H and O–H groups in total. The second-order valence-corrected chi connectivity index (χ2v) is 6.70. The zero-order chi connectivity index (χ0) is 16.8. The second-order valence-electron chi connectivity index (χ2n) is 6.29. The van der Waals surface area contributed by atoms with Gasteiger partial charge >= 0.3 is 0 Å². The maximum Gasteiger partial charge on any atom is 0.171 e. The lowest BCUT2D eigenvalue weighted by molar-refractivity contribution is -0.860. The number of hydrogen-bond acceptors (Lipinski definition) is 1. The Morgan fingerprint density at radius 1 is 1.09 bits per heavy atom. The third-order valence-electron chi connectivity index (χ3n) is 3.76. The lowest BCUT2D eigenvalue weighted by atomic mass is 10.1. The molecule has 0 amide bonds. The number of thiocarbonyl (C=S) groups is 1. The van der Waals surface area contributed by atoms with E-state index < -0.39 is 0 Å². The van der Waals surface area contributed by atoms with Crippen LogP contribution >= 0.6 is 12.2 Å². The van der Waals surface area contributed by atoms with Gasteiger partial charge in [-0.1, -0.05) is 42.5 Å². The summed E-state index contributed by atoms with van der Waals surface area (Å²) in [4.78, 5) is 1.38. The third-order valence-corrected chi connectivity index (χ3v) is 3.98. The molecule has 0 heterocycles. The molecule has 0 aliphatic carbocycles. The topological polar surface area (TPSA) is 28.5 Å². The molecule has 0 saturated heterocycles. The predicted molar refractivity (Wildman–Crippen MR) is 102 cm³/mol. The Hall–Kier alpha value is -1.91. The summed E-state index contributed by atoms with van der Waals surface area (Å²) in [5, 5.41) is 7.46. The van der Waals surface area contributed by atoms with Gasteiger partial charge in [0.15, 0.2) is 5.11 Å². The Bertz CT molecular complexity index is 653. The van der Waals surface area contributed by atoms with Gasteiger partial charge in [-0.25, -0.2) is 0 Å². The Balaban J connectivity index is 2.10. The first kappa shape index (κ1) is 17.4. The van der Waals surface area contributed by atoms with E-state index in [1.165, 1.54) is 21.6 Å². The highest BCUT2D eigenvalue weighted by atomic mass is 32.1. The van der Waals surface area contributed by atoms with Crippen molar-refractivity contribution in [2.75, 3.05) is 26.0 Å². The molecule has 0 aliphatic rings. The number of rotatable bonds is 5. The Morgan fingerprint density at radius 3 is 2.43 bits per heavy atom. The van der Waals surface area contributed by atoms with E-state index in [1.54, 1.807) is 0 Å². The number of anilines is 1. The molecular weight excluding hydrogens is 302 g/mol. The number of benzene rings is 2. The number of nitrogens with one attached hydrogen (secondary N) is 3. The molecule has 0 spiro atoms. The largest absolute Gasteiger partial charge is 0.350 e. The minimum Gasteiger partial charge on any atom is -0.350 e. The molecule has 0 bridgehead atoms. The minimum absolute atomic E-state index is 0.186. The summed E-state index contributed by atoms with van der Waals surface area (Å²) in [5.41, 5.74) is 4.72. The van der Waals surface area contributed by atoms with Crippen molar-refractivity contribution in [2.45, 2.75) is 19.9 Å². The van der Waals surface area contributed by atoms with Gasteiger partial charge in [-0.05, 0) is 48.8 Å². The van der Waals surface area contributed by atoms with Crippen LogP contribution in [0.5, 0.6) is 0 Å². The quantitative estimate of drug-likeness (QED) is 0.737. The first-order chi connectivity index (χ1) is 11.0. The van der Waals surface area contributed by atoms with Crippen molar-refractivity contribution in [3.63, 3.8) is 0 Å². The van der Waals surface area contributed by atoms with Crippen LogP contribution in [0.15, 0.2) is 48.5 Å². The maximum absolute atomic E-state index is 5.54. The molecule has 0 radical (unpaired) electrons. The van der Waals surface area contributed by atoms with E-state index >= 15 is 0 Å². The van der Waals surface area contributed by atoms with Crippen molar-refractivity contribution in [3.05, 3.63) is 65.2 Å². The maximum atomic E-state index is 5.54. The Morgan fingerprint density at radius 2 is 1.78 bits per heavy atom. The summed E-state index contributed by atoms with van der Waals surface area (Å²) in [6.07, 6.45) is 0. The van der Waals surface area contributed by atoms with E-state index in [2.05, 4.69) is 81.0 Å².